The van der Waals surface area contributed by atoms with E-state index in [1.807, 2.05) is 12.1 Å². The Balaban J connectivity index is 1.62. The summed E-state index contributed by atoms with van der Waals surface area (Å²) in [4.78, 5) is 6.64. The summed E-state index contributed by atoms with van der Waals surface area (Å²) in [7, 11) is 0. The van der Waals surface area contributed by atoms with Crippen LogP contribution in [0.1, 0.15) is 18.9 Å². The largest absolute Gasteiger partial charge is 0.382 e. The molecule has 0 radical (unpaired) electrons. The van der Waals surface area contributed by atoms with Gasteiger partial charge in [0.15, 0.2) is 0 Å². The maximum Gasteiger partial charge on any atom is 0.146 e. The van der Waals surface area contributed by atoms with Crippen molar-refractivity contribution in [2.75, 3.05) is 17.6 Å². The fourth-order valence-corrected chi connectivity index (χ4v) is 3.00. The number of hydrogen-bond donors (Lipinski definition) is 2. The predicted octanol–water partition coefficient (Wildman–Crippen LogP) is 2.74. The van der Waals surface area contributed by atoms with Crippen molar-refractivity contribution in [3.63, 3.8) is 0 Å². The first-order valence-corrected chi connectivity index (χ1v) is 7.47. The van der Waals surface area contributed by atoms with E-state index in [-0.39, 0.29) is 0 Å². The van der Waals surface area contributed by atoms with Gasteiger partial charge in [-0.05, 0) is 31.0 Å². The van der Waals surface area contributed by atoms with Gasteiger partial charge >= 0.3 is 0 Å². The summed E-state index contributed by atoms with van der Waals surface area (Å²) in [5.41, 5.74) is 8.21. The summed E-state index contributed by atoms with van der Waals surface area (Å²) in [6.07, 6.45) is 2.85. The number of nitrogens with one attached hydrogen (secondary N) is 1. The fraction of sp³-hybridized carbons (Fsp3) is 0.353. The van der Waals surface area contributed by atoms with Crippen LogP contribution in [0, 0.1) is 0 Å². The normalized spacial score (nSPS) is 22.3. The van der Waals surface area contributed by atoms with Crippen LogP contribution in [0.15, 0.2) is 48.7 Å². The highest BCUT2D eigenvalue weighted by molar-refractivity contribution is 5.61. The topological polar surface area (TPSA) is 54.2 Å². The highest BCUT2D eigenvalue weighted by atomic mass is 15.2. The van der Waals surface area contributed by atoms with Gasteiger partial charge in [-0.2, -0.15) is 0 Å². The SMILES string of the molecule is CC1CC(Nc2cccnc2N)CN1Cc1ccccc1. The van der Waals surface area contributed by atoms with Crippen LogP contribution in [0.5, 0.6) is 0 Å². The molecule has 3 rings (SSSR count). The second kappa shape index (κ2) is 6.14. The number of anilines is 2. The molecule has 3 N–H and O–H groups in total. The molecule has 1 fully saturated rings. The van der Waals surface area contributed by atoms with Gasteiger partial charge in [0.2, 0.25) is 0 Å². The molecule has 1 aromatic heterocycles. The summed E-state index contributed by atoms with van der Waals surface area (Å²) < 4.78 is 0. The molecule has 0 amide bonds. The Bertz CT molecular complexity index is 584. The molecule has 1 saturated heterocycles. The molecule has 2 unspecified atom stereocenters. The molecule has 2 atom stereocenters. The molecule has 110 valence electrons. The Morgan fingerprint density at radius 1 is 1.24 bits per heavy atom. The molecule has 2 aromatic rings. The summed E-state index contributed by atoms with van der Waals surface area (Å²) in [5, 5.41) is 3.53. The monoisotopic (exact) mass is 282 g/mol. The Labute approximate surface area is 126 Å². The second-order valence-corrected chi connectivity index (χ2v) is 5.78. The maximum absolute atomic E-state index is 5.90. The van der Waals surface area contributed by atoms with E-state index in [0.29, 0.717) is 17.9 Å². The molecule has 1 aromatic carbocycles. The van der Waals surface area contributed by atoms with Crippen molar-refractivity contribution in [2.24, 2.45) is 0 Å². The second-order valence-electron chi connectivity index (χ2n) is 5.78. The van der Waals surface area contributed by atoms with Crippen molar-refractivity contribution in [1.29, 1.82) is 0 Å². The minimum absolute atomic E-state index is 0.426. The number of likely N-dealkylation sites (tertiary alicyclic amines) is 1. The number of benzene rings is 1. The van der Waals surface area contributed by atoms with Crippen molar-refractivity contribution in [3.05, 3.63) is 54.2 Å². The van der Waals surface area contributed by atoms with Gasteiger partial charge in [-0.25, -0.2) is 4.98 Å². The number of rotatable bonds is 4. The van der Waals surface area contributed by atoms with E-state index < -0.39 is 0 Å². The van der Waals surface area contributed by atoms with Crippen LogP contribution in [-0.2, 0) is 6.54 Å². The highest BCUT2D eigenvalue weighted by Gasteiger charge is 2.29. The van der Waals surface area contributed by atoms with Gasteiger partial charge in [-0.1, -0.05) is 30.3 Å². The van der Waals surface area contributed by atoms with E-state index in [2.05, 4.69) is 52.5 Å². The van der Waals surface area contributed by atoms with Crippen molar-refractivity contribution >= 4 is 11.5 Å². The van der Waals surface area contributed by atoms with Crippen LogP contribution >= 0.6 is 0 Å². The standard InChI is InChI=1S/C17H22N4/c1-13-10-15(20-16-8-5-9-19-17(16)18)12-21(13)11-14-6-3-2-4-7-14/h2-9,13,15,20H,10-12H2,1H3,(H2,18,19). The molecule has 21 heavy (non-hydrogen) atoms. The zero-order valence-electron chi connectivity index (χ0n) is 12.4. The number of hydrogen-bond acceptors (Lipinski definition) is 4. The third-order valence-electron chi connectivity index (χ3n) is 4.13. The Morgan fingerprint density at radius 2 is 2.05 bits per heavy atom. The van der Waals surface area contributed by atoms with Crippen molar-refractivity contribution in [3.8, 4) is 0 Å². The lowest BCUT2D eigenvalue weighted by molar-refractivity contribution is 0.259. The van der Waals surface area contributed by atoms with Gasteiger partial charge in [0, 0.05) is 31.4 Å². The van der Waals surface area contributed by atoms with Crippen LogP contribution in [0.25, 0.3) is 0 Å². The summed E-state index contributed by atoms with van der Waals surface area (Å²) in [6, 6.07) is 15.5. The van der Waals surface area contributed by atoms with Crippen molar-refractivity contribution < 1.29 is 0 Å². The Kier molecular flexibility index (Phi) is 4.06. The van der Waals surface area contributed by atoms with Gasteiger partial charge < -0.3 is 11.1 Å². The smallest absolute Gasteiger partial charge is 0.146 e. The summed E-state index contributed by atoms with van der Waals surface area (Å²) in [6.45, 7) is 4.32. The molecule has 1 aliphatic heterocycles. The lowest BCUT2D eigenvalue weighted by atomic mass is 10.2. The molecule has 0 aliphatic carbocycles. The van der Waals surface area contributed by atoms with Gasteiger partial charge in [-0.15, -0.1) is 0 Å². The molecular weight excluding hydrogens is 260 g/mol. The lowest BCUT2D eigenvalue weighted by Crippen LogP contribution is -2.28. The molecule has 2 heterocycles. The Hall–Kier alpha value is -2.07. The predicted molar refractivity (Wildman–Crippen MR) is 87.0 cm³/mol. The molecule has 0 spiro atoms. The fourth-order valence-electron chi connectivity index (χ4n) is 3.00. The van der Waals surface area contributed by atoms with Gasteiger partial charge in [0.05, 0.1) is 5.69 Å². The quantitative estimate of drug-likeness (QED) is 0.905. The van der Waals surface area contributed by atoms with Crippen LogP contribution in [0.4, 0.5) is 11.5 Å². The maximum atomic E-state index is 5.90. The Morgan fingerprint density at radius 3 is 2.81 bits per heavy atom. The van der Waals surface area contributed by atoms with Crippen LogP contribution in [0.3, 0.4) is 0 Å². The van der Waals surface area contributed by atoms with Gasteiger partial charge in [0.1, 0.15) is 5.82 Å². The molecule has 4 heteroatoms. The third kappa shape index (κ3) is 3.34. The van der Waals surface area contributed by atoms with Crippen molar-refractivity contribution in [2.45, 2.75) is 32.0 Å². The number of nitrogen functional groups attached to an aromatic ring is 1. The zero-order chi connectivity index (χ0) is 14.7. The average molecular weight is 282 g/mol. The number of pyridine rings is 1. The molecule has 4 nitrogen and oxygen atoms in total. The van der Waals surface area contributed by atoms with E-state index in [9.17, 15) is 0 Å². The lowest BCUT2D eigenvalue weighted by Gasteiger charge is -2.21. The number of aromatic nitrogens is 1. The zero-order valence-corrected chi connectivity index (χ0v) is 12.4. The van der Waals surface area contributed by atoms with E-state index in [1.54, 1.807) is 6.20 Å². The average Bonchev–Trinajstić information content (AvgIpc) is 2.82. The highest BCUT2D eigenvalue weighted by Crippen LogP contribution is 2.24. The first-order valence-electron chi connectivity index (χ1n) is 7.47. The minimum atomic E-state index is 0.426. The number of nitrogens with two attached hydrogens (primary N) is 1. The first-order chi connectivity index (χ1) is 10.2. The number of nitrogens with zero attached hydrogens (tertiary/aromatic N) is 2. The van der Waals surface area contributed by atoms with Crippen molar-refractivity contribution in [1.82, 2.24) is 9.88 Å². The van der Waals surface area contributed by atoms with E-state index in [0.717, 1.165) is 25.2 Å². The summed E-state index contributed by atoms with van der Waals surface area (Å²) in [5.74, 6) is 0.576. The first kappa shape index (κ1) is 13.9. The third-order valence-corrected chi connectivity index (χ3v) is 4.13. The van der Waals surface area contributed by atoms with Crippen LogP contribution in [0.2, 0.25) is 0 Å². The van der Waals surface area contributed by atoms with Crippen LogP contribution in [-0.4, -0.2) is 28.5 Å². The molecular formula is C17H22N4. The molecule has 0 bridgehead atoms. The summed E-state index contributed by atoms with van der Waals surface area (Å²) >= 11 is 0. The molecule has 0 saturated carbocycles. The van der Waals surface area contributed by atoms with Gasteiger partial charge in [0.25, 0.3) is 0 Å². The van der Waals surface area contributed by atoms with E-state index >= 15 is 0 Å². The molecule has 1 aliphatic rings. The minimum Gasteiger partial charge on any atom is -0.382 e. The van der Waals surface area contributed by atoms with E-state index in [4.69, 9.17) is 5.73 Å². The van der Waals surface area contributed by atoms with E-state index in [1.165, 1.54) is 5.56 Å². The van der Waals surface area contributed by atoms with Crippen LogP contribution < -0.4 is 11.1 Å². The van der Waals surface area contributed by atoms with Gasteiger partial charge in [-0.3, -0.25) is 4.90 Å².